The summed E-state index contributed by atoms with van der Waals surface area (Å²) in [6.07, 6.45) is 1.35. The van der Waals surface area contributed by atoms with Gasteiger partial charge in [-0.05, 0) is 55.7 Å². The third kappa shape index (κ3) is 4.97. The van der Waals surface area contributed by atoms with Crippen molar-refractivity contribution < 1.29 is 17.9 Å². The molecule has 0 bridgehead atoms. The first-order valence-electron chi connectivity index (χ1n) is 8.79. The smallest absolute Gasteiger partial charge is 0.248 e. The van der Waals surface area contributed by atoms with Crippen LogP contribution in [0.5, 0.6) is 5.75 Å². The fourth-order valence-corrected chi connectivity index (χ4v) is 4.39. The van der Waals surface area contributed by atoms with Gasteiger partial charge in [0.05, 0.1) is 24.1 Å². The van der Waals surface area contributed by atoms with Gasteiger partial charge in [-0.1, -0.05) is 30.7 Å². The molecule has 1 atom stereocenters. The van der Waals surface area contributed by atoms with E-state index >= 15 is 0 Å². The number of ether oxygens (including phenoxy) is 1. The molecule has 0 aromatic heterocycles. The van der Waals surface area contributed by atoms with Gasteiger partial charge in [0.15, 0.2) is 0 Å². The highest BCUT2D eigenvalue weighted by Gasteiger charge is 2.32. The number of carbonyl (C=O) groups excluding carboxylic acids is 1. The lowest BCUT2D eigenvalue weighted by Crippen LogP contribution is -2.47. The highest BCUT2D eigenvalue weighted by molar-refractivity contribution is 7.92. The van der Waals surface area contributed by atoms with Gasteiger partial charge in [-0.25, -0.2) is 8.42 Å². The molecule has 0 spiro atoms. The maximum atomic E-state index is 13.0. The van der Waals surface area contributed by atoms with Crippen LogP contribution in [-0.4, -0.2) is 33.7 Å². The third-order valence-electron chi connectivity index (χ3n) is 4.37. The quantitative estimate of drug-likeness (QED) is 0.724. The van der Waals surface area contributed by atoms with Gasteiger partial charge in [0, 0.05) is 5.69 Å². The van der Waals surface area contributed by atoms with Gasteiger partial charge < -0.3 is 10.1 Å². The SMILES string of the molecule is CC[C@H](C(=O)Nc1cc(C)ccc1C)N(c1ccc(OC)c(Cl)c1)S(C)(=O)=O. The number of hydrogen-bond acceptors (Lipinski definition) is 4. The van der Waals surface area contributed by atoms with Crippen LogP contribution in [0.3, 0.4) is 0 Å². The Hall–Kier alpha value is -2.25. The maximum absolute atomic E-state index is 13.0. The molecule has 1 N–H and O–H groups in total. The summed E-state index contributed by atoms with van der Waals surface area (Å²) in [5.41, 5.74) is 2.85. The number of amides is 1. The maximum Gasteiger partial charge on any atom is 0.248 e. The van der Waals surface area contributed by atoms with Crippen LogP contribution in [0.1, 0.15) is 24.5 Å². The number of aryl methyl sites for hydroxylation is 2. The number of hydrogen-bond donors (Lipinski definition) is 1. The van der Waals surface area contributed by atoms with Crippen molar-refractivity contribution >= 4 is 38.9 Å². The first-order chi connectivity index (χ1) is 13.1. The Balaban J connectivity index is 2.44. The Morgan fingerprint density at radius 1 is 1.21 bits per heavy atom. The molecule has 1 amide bonds. The Morgan fingerprint density at radius 3 is 2.43 bits per heavy atom. The standard InChI is InChI=1S/C20H25ClN2O4S/c1-6-18(20(24)22-17-11-13(2)7-8-14(17)3)23(28(5,25)26)15-9-10-19(27-4)16(21)12-15/h7-12,18H,6H2,1-5H3,(H,22,24)/t18-/m1/s1. The predicted molar refractivity (Wildman–Crippen MR) is 114 cm³/mol. The molecule has 6 nitrogen and oxygen atoms in total. The molecular weight excluding hydrogens is 400 g/mol. The van der Waals surface area contributed by atoms with Gasteiger partial charge in [-0.2, -0.15) is 0 Å². The molecule has 0 saturated heterocycles. The summed E-state index contributed by atoms with van der Waals surface area (Å²) in [7, 11) is -2.27. The van der Waals surface area contributed by atoms with Crippen LogP contribution in [-0.2, 0) is 14.8 Å². The summed E-state index contributed by atoms with van der Waals surface area (Å²) in [4.78, 5) is 13.0. The van der Waals surface area contributed by atoms with Crippen molar-refractivity contribution in [2.75, 3.05) is 23.0 Å². The van der Waals surface area contributed by atoms with Crippen molar-refractivity contribution in [3.8, 4) is 5.75 Å². The molecule has 0 heterocycles. The van der Waals surface area contributed by atoms with Gasteiger partial charge in [0.1, 0.15) is 11.8 Å². The second-order valence-corrected chi connectivity index (χ2v) is 8.88. The minimum absolute atomic E-state index is 0.262. The topological polar surface area (TPSA) is 75.7 Å². The van der Waals surface area contributed by atoms with E-state index in [4.69, 9.17) is 16.3 Å². The second kappa shape index (κ2) is 8.84. The van der Waals surface area contributed by atoms with Crippen LogP contribution in [0.2, 0.25) is 5.02 Å². The van der Waals surface area contributed by atoms with Crippen LogP contribution >= 0.6 is 11.6 Å². The molecule has 2 aromatic rings. The van der Waals surface area contributed by atoms with Gasteiger partial charge in [-0.3, -0.25) is 9.10 Å². The van der Waals surface area contributed by atoms with E-state index in [2.05, 4.69) is 5.32 Å². The molecule has 0 aliphatic rings. The molecule has 0 fully saturated rings. The zero-order valence-electron chi connectivity index (χ0n) is 16.6. The van der Waals surface area contributed by atoms with Gasteiger partial charge >= 0.3 is 0 Å². The normalized spacial score (nSPS) is 12.4. The van der Waals surface area contributed by atoms with Crippen molar-refractivity contribution in [3.05, 3.63) is 52.5 Å². The van der Waals surface area contributed by atoms with Crippen LogP contribution < -0.4 is 14.4 Å². The van der Waals surface area contributed by atoms with E-state index in [1.54, 1.807) is 19.1 Å². The monoisotopic (exact) mass is 424 g/mol. The molecule has 28 heavy (non-hydrogen) atoms. The van der Waals surface area contributed by atoms with E-state index in [0.717, 1.165) is 21.7 Å². The van der Waals surface area contributed by atoms with Gasteiger partial charge in [-0.15, -0.1) is 0 Å². The molecule has 0 aliphatic heterocycles. The molecular formula is C20H25ClN2O4S. The van der Waals surface area contributed by atoms with Crippen molar-refractivity contribution in [2.24, 2.45) is 0 Å². The van der Waals surface area contributed by atoms with Crippen molar-refractivity contribution in [1.82, 2.24) is 0 Å². The molecule has 2 rings (SSSR count). The second-order valence-electron chi connectivity index (χ2n) is 6.61. The van der Waals surface area contributed by atoms with E-state index in [9.17, 15) is 13.2 Å². The molecule has 8 heteroatoms. The number of halogens is 1. The fourth-order valence-electron chi connectivity index (χ4n) is 2.94. The highest BCUT2D eigenvalue weighted by Crippen LogP contribution is 2.32. The first-order valence-corrected chi connectivity index (χ1v) is 11.0. The molecule has 0 unspecified atom stereocenters. The van der Waals surface area contributed by atoms with Crippen LogP contribution in [0.15, 0.2) is 36.4 Å². The zero-order valence-corrected chi connectivity index (χ0v) is 18.2. The van der Waals surface area contributed by atoms with Crippen LogP contribution in [0.4, 0.5) is 11.4 Å². The summed E-state index contributed by atoms with van der Waals surface area (Å²) >= 11 is 6.17. The number of nitrogens with one attached hydrogen (secondary N) is 1. The summed E-state index contributed by atoms with van der Waals surface area (Å²) in [6.45, 7) is 5.57. The highest BCUT2D eigenvalue weighted by atomic mass is 35.5. The van der Waals surface area contributed by atoms with Gasteiger partial charge in [0.25, 0.3) is 0 Å². The first kappa shape index (κ1) is 22.0. The lowest BCUT2D eigenvalue weighted by atomic mass is 10.1. The average Bonchev–Trinajstić information content (AvgIpc) is 2.61. The van der Waals surface area contributed by atoms with E-state index in [0.29, 0.717) is 17.1 Å². The summed E-state index contributed by atoms with van der Waals surface area (Å²) in [6, 6.07) is 9.41. The number of carbonyl (C=O) groups is 1. The molecule has 152 valence electrons. The molecule has 0 aliphatic carbocycles. The van der Waals surface area contributed by atoms with Crippen LogP contribution in [0, 0.1) is 13.8 Å². The van der Waals surface area contributed by atoms with Crippen molar-refractivity contribution in [3.63, 3.8) is 0 Å². The number of sulfonamides is 1. The van der Waals surface area contributed by atoms with E-state index < -0.39 is 22.0 Å². The largest absolute Gasteiger partial charge is 0.495 e. The fraction of sp³-hybridized carbons (Fsp3) is 0.350. The molecule has 0 saturated carbocycles. The van der Waals surface area contributed by atoms with Crippen molar-refractivity contribution in [2.45, 2.75) is 33.2 Å². The van der Waals surface area contributed by atoms with E-state index in [-0.39, 0.29) is 11.4 Å². The van der Waals surface area contributed by atoms with Crippen LogP contribution in [0.25, 0.3) is 0 Å². The molecule has 2 aromatic carbocycles. The number of rotatable bonds is 7. The zero-order chi connectivity index (χ0) is 21.1. The minimum atomic E-state index is -3.75. The Bertz CT molecular complexity index is 976. The lowest BCUT2D eigenvalue weighted by Gasteiger charge is -2.30. The lowest BCUT2D eigenvalue weighted by molar-refractivity contribution is -0.117. The van der Waals surface area contributed by atoms with E-state index in [1.165, 1.54) is 13.2 Å². The third-order valence-corrected chi connectivity index (χ3v) is 5.85. The molecule has 0 radical (unpaired) electrons. The predicted octanol–water partition coefficient (Wildman–Crippen LogP) is 4.15. The van der Waals surface area contributed by atoms with E-state index in [1.807, 2.05) is 32.0 Å². The summed E-state index contributed by atoms with van der Waals surface area (Å²) < 4.78 is 31.3. The Kier molecular flexibility index (Phi) is 6.96. The van der Waals surface area contributed by atoms with Crippen molar-refractivity contribution in [1.29, 1.82) is 0 Å². The number of nitrogens with zero attached hydrogens (tertiary/aromatic N) is 1. The number of benzene rings is 2. The average molecular weight is 425 g/mol. The summed E-state index contributed by atoms with van der Waals surface area (Å²) in [5, 5.41) is 3.12. The Morgan fingerprint density at radius 2 is 1.89 bits per heavy atom. The Labute approximate surface area is 171 Å². The van der Waals surface area contributed by atoms with Gasteiger partial charge in [0.2, 0.25) is 15.9 Å². The summed E-state index contributed by atoms with van der Waals surface area (Å²) in [5.74, 6) is 0.0142. The minimum Gasteiger partial charge on any atom is -0.495 e. The number of methoxy groups -OCH3 is 1. The number of anilines is 2.